The van der Waals surface area contributed by atoms with Gasteiger partial charge < -0.3 is 15.0 Å². The van der Waals surface area contributed by atoms with Gasteiger partial charge in [0, 0.05) is 42.2 Å². The molecule has 6 heteroatoms. The Morgan fingerprint density at radius 2 is 2.00 bits per heavy atom. The third-order valence-electron chi connectivity index (χ3n) is 7.13. The van der Waals surface area contributed by atoms with Gasteiger partial charge in [-0.25, -0.2) is 4.79 Å². The number of nitrogens with one attached hydrogen (secondary N) is 1. The molecule has 2 heterocycles. The molecule has 1 saturated carbocycles. The van der Waals surface area contributed by atoms with Crippen LogP contribution in [0.4, 0.5) is 0 Å². The Morgan fingerprint density at radius 1 is 1.23 bits per heavy atom. The van der Waals surface area contributed by atoms with Crippen LogP contribution in [-0.4, -0.2) is 47.5 Å². The van der Waals surface area contributed by atoms with Gasteiger partial charge in [0.1, 0.15) is 0 Å². The van der Waals surface area contributed by atoms with Crippen LogP contribution in [0.2, 0.25) is 0 Å². The van der Waals surface area contributed by atoms with E-state index in [2.05, 4.69) is 24.1 Å². The van der Waals surface area contributed by atoms with Crippen LogP contribution in [0.5, 0.6) is 0 Å². The van der Waals surface area contributed by atoms with Gasteiger partial charge in [0.15, 0.2) is 6.10 Å². The lowest BCUT2D eigenvalue weighted by Crippen LogP contribution is -2.47. The molecule has 2 aliphatic rings. The fourth-order valence-corrected chi connectivity index (χ4v) is 4.92. The summed E-state index contributed by atoms with van der Waals surface area (Å²) < 4.78 is 5.71. The topological polar surface area (TPSA) is 71.5 Å². The van der Waals surface area contributed by atoms with Crippen molar-refractivity contribution in [1.29, 1.82) is 0 Å². The van der Waals surface area contributed by atoms with E-state index in [0.29, 0.717) is 23.9 Å². The van der Waals surface area contributed by atoms with Crippen LogP contribution in [0.15, 0.2) is 24.3 Å². The van der Waals surface area contributed by atoms with Crippen LogP contribution in [0, 0.1) is 11.8 Å². The number of likely N-dealkylation sites (N-methyl/N-ethyl adjacent to an activating group) is 1. The molecule has 0 unspecified atom stereocenters. The molecule has 1 fully saturated rings. The van der Waals surface area contributed by atoms with Crippen molar-refractivity contribution in [2.45, 2.75) is 65.1 Å². The summed E-state index contributed by atoms with van der Waals surface area (Å²) >= 11 is 0. The van der Waals surface area contributed by atoms with Gasteiger partial charge in [-0.15, -0.1) is 0 Å². The van der Waals surface area contributed by atoms with Gasteiger partial charge in [-0.3, -0.25) is 9.78 Å². The summed E-state index contributed by atoms with van der Waals surface area (Å²) in [6.45, 7) is 7.64. The number of aromatic nitrogens is 1. The second kappa shape index (κ2) is 8.95. The van der Waals surface area contributed by atoms with Crippen molar-refractivity contribution in [3.05, 3.63) is 41.1 Å². The molecule has 1 aliphatic carbocycles. The fraction of sp³-hybridized carbons (Fsp3) is 0.560. The van der Waals surface area contributed by atoms with E-state index in [9.17, 15) is 9.59 Å². The number of hydrogen-bond donors (Lipinski definition) is 1. The van der Waals surface area contributed by atoms with Crippen molar-refractivity contribution in [2.24, 2.45) is 11.8 Å². The number of pyridine rings is 1. The summed E-state index contributed by atoms with van der Waals surface area (Å²) in [6, 6.07) is 7.80. The maximum Gasteiger partial charge on any atom is 0.339 e. The van der Waals surface area contributed by atoms with Crippen LogP contribution >= 0.6 is 0 Å². The molecule has 1 aromatic carbocycles. The quantitative estimate of drug-likeness (QED) is 0.759. The number of carbonyl (C=O) groups excluding carboxylic acids is 2. The number of hydrogen-bond acceptors (Lipinski definition) is 5. The van der Waals surface area contributed by atoms with E-state index in [1.807, 2.05) is 31.3 Å². The average Bonchev–Trinajstić information content (AvgIpc) is 2.75. The Bertz CT molecular complexity index is 989. The molecular weight excluding hydrogens is 390 g/mol. The van der Waals surface area contributed by atoms with Gasteiger partial charge in [0.2, 0.25) is 0 Å². The van der Waals surface area contributed by atoms with Gasteiger partial charge in [0.05, 0.1) is 11.1 Å². The lowest BCUT2D eigenvalue weighted by Gasteiger charge is -2.35. The zero-order chi connectivity index (χ0) is 22.1. The number of carbonyl (C=O) groups is 2. The number of para-hydroxylation sites is 1. The maximum atomic E-state index is 13.3. The summed E-state index contributed by atoms with van der Waals surface area (Å²) in [6.07, 6.45) is 3.25. The van der Waals surface area contributed by atoms with Crippen LogP contribution in [-0.2, 0) is 22.5 Å². The second-order valence-electron chi connectivity index (χ2n) is 9.35. The maximum absolute atomic E-state index is 13.3. The minimum atomic E-state index is -0.846. The first kappa shape index (κ1) is 21.8. The normalized spacial score (nSPS) is 25.0. The van der Waals surface area contributed by atoms with Crippen LogP contribution in [0.1, 0.15) is 61.6 Å². The molecule has 0 radical (unpaired) electrons. The predicted molar refractivity (Wildman–Crippen MR) is 121 cm³/mol. The van der Waals surface area contributed by atoms with Gasteiger partial charge in [0.25, 0.3) is 5.91 Å². The number of amides is 1. The molecule has 2 aromatic rings. The van der Waals surface area contributed by atoms with E-state index in [1.54, 1.807) is 6.92 Å². The van der Waals surface area contributed by atoms with Crippen LogP contribution in [0.25, 0.3) is 10.9 Å². The zero-order valence-electron chi connectivity index (χ0n) is 19.0. The van der Waals surface area contributed by atoms with Crippen molar-refractivity contribution in [3.63, 3.8) is 0 Å². The first-order valence-corrected chi connectivity index (χ1v) is 11.5. The van der Waals surface area contributed by atoms with Crippen molar-refractivity contribution >= 4 is 22.8 Å². The Labute approximate surface area is 184 Å². The average molecular weight is 424 g/mol. The molecule has 0 spiro atoms. The minimum absolute atomic E-state index is 0.139. The van der Waals surface area contributed by atoms with Crippen LogP contribution in [0.3, 0.4) is 0 Å². The molecule has 4 atom stereocenters. The van der Waals surface area contributed by atoms with Crippen molar-refractivity contribution < 1.29 is 14.3 Å². The first-order chi connectivity index (χ1) is 14.8. The van der Waals surface area contributed by atoms with Gasteiger partial charge in [-0.1, -0.05) is 44.9 Å². The van der Waals surface area contributed by atoms with Gasteiger partial charge in [-0.05, 0) is 38.3 Å². The molecule has 0 saturated heterocycles. The highest BCUT2D eigenvalue weighted by molar-refractivity contribution is 6.05. The van der Waals surface area contributed by atoms with Crippen molar-refractivity contribution in [3.8, 4) is 0 Å². The lowest BCUT2D eigenvalue weighted by atomic mass is 9.78. The van der Waals surface area contributed by atoms with E-state index in [0.717, 1.165) is 48.0 Å². The predicted octanol–water partition coefficient (Wildman–Crippen LogP) is 3.71. The number of nitrogens with zero attached hydrogens (tertiary/aromatic N) is 2. The highest BCUT2D eigenvalue weighted by atomic mass is 16.5. The molecule has 1 aliphatic heterocycles. The Balaban J connectivity index is 1.55. The van der Waals surface area contributed by atoms with E-state index in [1.165, 1.54) is 6.42 Å². The van der Waals surface area contributed by atoms with E-state index < -0.39 is 12.1 Å². The Kier molecular flexibility index (Phi) is 6.28. The number of ether oxygens (including phenoxy) is 1. The third-order valence-corrected chi connectivity index (χ3v) is 7.13. The van der Waals surface area contributed by atoms with E-state index in [-0.39, 0.29) is 11.9 Å². The van der Waals surface area contributed by atoms with E-state index in [4.69, 9.17) is 9.72 Å². The smallest absolute Gasteiger partial charge is 0.339 e. The number of rotatable bonds is 4. The Hall–Kier alpha value is -2.47. The highest BCUT2D eigenvalue weighted by Crippen LogP contribution is 2.30. The molecule has 166 valence electrons. The number of fused-ring (bicyclic) bond motifs is 2. The summed E-state index contributed by atoms with van der Waals surface area (Å²) in [5, 5.41) is 3.91. The SMILES string of the molecule is C[C@H]1[C@H](C)CCC[C@H]1NC(=O)[C@H](C)OC(=O)c1c2c(nc3ccccc13)CCN(C)C2. The third kappa shape index (κ3) is 4.45. The molecule has 1 amide bonds. The zero-order valence-corrected chi connectivity index (χ0v) is 19.0. The monoisotopic (exact) mass is 423 g/mol. The Morgan fingerprint density at radius 3 is 2.81 bits per heavy atom. The molecule has 31 heavy (non-hydrogen) atoms. The molecule has 6 nitrogen and oxygen atoms in total. The van der Waals surface area contributed by atoms with Gasteiger partial charge in [-0.2, -0.15) is 0 Å². The molecule has 1 N–H and O–H groups in total. The highest BCUT2D eigenvalue weighted by Gasteiger charge is 2.31. The molecule has 4 rings (SSSR count). The standard InChI is InChI=1S/C25H33N3O3/c1-15-8-7-11-20(16(15)2)27-24(29)17(3)31-25(30)23-18-9-5-6-10-21(18)26-22-12-13-28(4)14-19(22)23/h5-6,9-10,15-17,20H,7-8,11-14H2,1-4H3,(H,27,29)/t15-,16+,17+,20-/m1/s1. The lowest BCUT2D eigenvalue weighted by molar-refractivity contribution is -0.130. The minimum Gasteiger partial charge on any atom is -0.449 e. The van der Waals surface area contributed by atoms with Crippen molar-refractivity contribution in [2.75, 3.05) is 13.6 Å². The van der Waals surface area contributed by atoms with Crippen LogP contribution < -0.4 is 5.32 Å². The number of benzene rings is 1. The summed E-state index contributed by atoms with van der Waals surface area (Å²) in [5.41, 5.74) is 3.21. The number of esters is 1. The van der Waals surface area contributed by atoms with E-state index >= 15 is 0 Å². The summed E-state index contributed by atoms with van der Waals surface area (Å²) in [7, 11) is 2.04. The summed E-state index contributed by atoms with van der Waals surface area (Å²) in [4.78, 5) is 33.1. The summed E-state index contributed by atoms with van der Waals surface area (Å²) in [5.74, 6) is 0.345. The largest absolute Gasteiger partial charge is 0.449 e. The van der Waals surface area contributed by atoms with Gasteiger partial charge >= 0.3 is 5.97 Å². The molecular formula is C25H33N3O3. The van der Waals surface area contributed by atoms with Crippen molar-refractivity contribution in [1.82, 2.24) is 15.2 Å². The molecule has 1 aromatic heterocycles. The first-order valence-electron chi connectivity index (χ1n) is 11.5. The fourth-order valence-electron chi connectivity index (χ4n) is 4.92. The molecule has 0 bridgehead atoms. The second-order valence-corrected chi connectivity index (χ2v) is 9.35.